The van der Waals surface area contributed by atoms with Gasteiger partial charge in [-0.3, -0.25) is 13.8 Å². The highest BCUT2D eigenvalue weighted by atomic mass is 79.9. The third-order valence-corrected chi connectivity index (χ3v) is 7.36. The van der Waals surface area contributed by atoms with Crippen molar-refractivity contribution in [1.82, 2.24) is 10.2 Å². The van der Waals surface area contributed by atoms with Crippen LogP contribution < -0.4 is 5.32 Å². The van der Waals surface area contributed by atoms with Crippen LogP contribution in [0.1, 0.15) is 25.8 Å². The highest BCUT2D eigenvalue weighted by Gasteiger charge is 2.57. The molecular weight excluding hydrogens is 540 g/mol. The molecule has 10 nitrogen and oxygen atoms in total. The van der Waals surface area contributed by atoms with Crippen LogP contribution in [0.2, 0.25) is 0 Å². The molecule has 0 saturated carbocycles. The van der Waals surface area contributed by atoms with Gasteiger partial charge in [0, 0.05) is 35.0 Å². The normalized spacial score (nSPS) is 20.8. The van der Waals surface area contributed by atoms with Crippen LogP contribution in [0.25, 0.3) is 0 Å². The van der Waals surface area contributed by atoms with E-state index in [1.54, 1.807) is 12.1 Å². The molecule has 2 aliphatic heterocycles. The number of esters is 1. The fourth-order valence-corrected chi connectivity index (χ4v) is 5.59. The molecule has 13 heteroatoms. The van der Waals surface area contributed by atoms with Crippen molar-refractivity contribution in [2.45, 2.75) is 39.0 Å². The lowest BCUT2D eigenvalue weighted by Crippen LogP contribution is -2.62. The number of ether oxygens (including phenoxy) is 1. The lowest BCUT2D eigenvalue weighted by Gasteiger charge is -2.45. The molecule has 1 saturated heterocycles. The zero-order chi connectivity index (χ0) is 24.3. The minimum Gasteiger partial charge on any atom is -0.726 e. The van der Waals surface area contributed by atoms with Gasteiger partial charge in [-0.2, -0.15) is 0 Å². The van der Waals surface area contributed by atoms with E-state index in [9.17, 15) is 27.4 Å². The zero-order valence-corrected chi connectivity index (χ0v) is 21.0. The van der Waals surface area contributed by atoms with Gasteiger partial charge in [-0.05, 0) is 24.6 Å². The number of halogens is 1. The Morgan fingerprint density at radius 2 is 2.00 bits per heavy atom. The fourth-order valence-electron chi connectivity index (χ4n) is 3.78. The molecule has 0 aromatic heterocycles. The van der Waals surface area contributed by atoms with Gasteiger partial charge in [-0.15, -0.1) is 11.8 Å². The van der Waals surface area contributed by atoms with Crippen LogP contribution in [0.3, 0.4) is 0 Å². The largest absolute Gasteiger partial charge is 0.726 e. The van der Waals surface area contributed by atoms with Crippen molar-refractivity contribution in [3.05, 3.63) is 44.9 Å². The van der Waals surface area contributed by atoms with Crippen LogP contribution in [-0.2, 0) is 40.3 Å². The maximum atomic E-state index is 12.9. The molecule has 1 aromatic carbocycles. The molecule has 0 radical (unpaired) electrons. The van der Waals surface area contributed by atoms with Crippen molar-refractivity contribution in [2.75, 3.05) is 12.3 Å². The summed E-state index contributed by atoms with van der Waals surface area (Å²) in [5, 5.41) is 2.66. The second-order valence-corrected chi connectivity index (χ2v) is 10.6. The summed E-state index contributed by atoms with van der Waals surface area (Å²) >= 11 is 4.64. The third kappa shape index (κ3) is 6.35. The average Bonchev–Trinajstić information content (AvgIpc) is 3.03. The topological polar surface area (TPSA) is 142 Å². The zero-order valence-electron chi connectivity index (χ0n) is 17.8. The first-order valence-corrected chi connectivity index (χ1v) is 13.1. The predicted molar refractivity (Wildman–Crippen MR) is 121 cm³/mol. The molecule has 2 heterocycles. The average molecular weight is 562 g/mol. The number of β-lactam (4-membered cyclic amide) rings is 1. The molecule has 180 valence electrons. The van der Waals surface area contributed by atoms with E-state index in [2.05, 4.69) is 25.4 Å². The van der Waals surface area contributed by atoms with Gasteiger partial charge < -0.3 is 19.5 Å². The molecule has 1 fully saturated rings. The van der Waals surface area contributed by atoms with E-state index in [0.717, 1.165) is 10.0 Å². The third-order valence-electron chi connectivity index (χ3n) is 5.17. The molecule has 2 aliphatic rings. The Labute approximate surface area is 204 Å². The van der Waals surface area contributed by atoms with Crippen molar-refractivity contribution < 1.29 is 36.3 Å². The van der Waals surface area contributed by atoms with Gasteiger partial charge in [0.1, 0.15) is 12.3 Å². The Morgan fingerprint density at radius 3 is 2.61 bits per heavy atom. The van der Waals surface area contributed by atoms with E-state index in [1.165, 1.54) is 30.5 Å². The predicted octanol–water partition coefficient (Wildman–Crippen LogP) is 1.67. The number of amides is 2. The summed E-state index contributed by atoms with van der Waals surface area (Å²) in [6.45, 7) is 3.10. The molecule has 0 aliphatic carbocycles. The first kappa shape index (κ1) is 25.7. The summed E-state index contributed by atoms with van der Waals surface area (Å²) in [6.07, 6.45) is -0.874. The van der Waals surface area contributed by atoms with Crippen molar-refractivity contribution in [3.63, 3.8) is 0 Å². The second kappa shape index (κ2) is 10.6. The number of nitrogens with one attached hydrogen (secondary N) is 1. The molecule has 0 spiro atoms. The van der Waals surface area contributed by atoms with E-state index in [0.29, 0.717) is 17.2 Å². The number of thioether (sulfide) groups is 1. The van der Waals surface area contributed by atoms with Crippen molar-refractivity contribution in [2.24, 2.45) is 5.92 Å². The summed E-state index contributed by atoms with van der Waals surface area (Å²) in [5.41, 5.74) is 0.861. The summed E-state index contributed by atoms with van der Waals surface area (Å²) in [6, 6.07) is 6.69. The number of carbonyl (C=O) groups is 3. The Bertz CT molecular complexity index is 1070. The van der Waals surface area contributed by atoms with Gasteiger partial charge in [-0.1, -0.05) is 28.1 Å². The maximum absolute atomic E-state index is 12.9. The van der Waals surface area contributed by atoms with E-state index < -0.39 is 40.3 Å². The van der Waals surface area contributed by atoms with Crippen LogP contribution in [0.4, 0.5) is 0 Å². The van der Waals surface area contributed by atoms with Crippen molar-refractivity contribution in [1.29, 1.82) is 0 Å². The van der Waals surface area contributed by atoms with Gasteiger partial charge in [-0.25, -0.2) is 13.2 Å². The Balaban J connectivity index is 1.74. The van der Waals surface area contributed by atoms with Gasteiger partial charge in [0.25, 0.3) is 0 Å². The Morgan fingerprint density at radius 1 is 1.33 bits per heavy atom. The van der Waals surface area contributed by atoms with E-state index in [1.807, 2.05) is 12.1 Å². The van der Waals surface area contributed by atoms with Gasteiger partial charge in [0.15, 0.2) is 0 Å². The van der Waals surface area contributed by atoms with Gasteiger partial charge >= 0.3 is 5.97 Å². The number of hydrogen-bond acceptors (Lipinski definition) is 9. The number of fused-ring (bicyclic) bond motifs is 1. The molecule has 0 unspecified atom stereocenters. The van der Waals surface area contributed by atoms with Crippen LogP contribution in [-0.4, -0.2) is 60.1 Å². The number of hydrogen-bond donors (Lipinski definition) is 1. The lowest BCUT2D eigenvalue weighted by molar-refractivity contribution is -0.161. The summed E-state index contributed by atoms with van der Waals surface area (Å²) in [4.78, 5) is 38.7. The Hall–Kier alpha value is -1.93. The molecule has 33 heavy (non-hydrogen) atoms. The fraction of sp³-hybridized carbons (Fsp3) is 0.450. The highest BCUT2D eigenvalue weighted by molar-refractivity contribution is 9.10. The molecule has 0 bridgehead atoms. The first-order chi connectivity index (χ1) is 15.5. The van der Waals surface area contributed by atoms with Gasteiger partial charge in [0.2, 0.25) is 22.2 Å². The summed E-state index contributed by atoms with van der Waals surface area (Å²) in [7, 11) is -4.98. The SMILES string of the molecule is CC(=O)NCCSC1=C(C(=O)OCc2ccc(Br)cc2)N2C(=O)[C@@H]([C@H](C)OS(=O)(=O)[O-])[C@H]2C1. The van der Waals surface area contributed by atoms with Crippen LogP contribution in [0.15, 0.2) is 39.3 Å². The van der Waals surface area contributed by atoms with Crippen LogP contribution in [0.5, 0.6) is 0 Å². The van der Waals surface area contributed by atoms with Gasteiger partial charge in [0.05, 0.1) is 18.1 Å². The molecular formula is C20H22BrN2O8S2-. The number of rotatable bonds is 10. The lowest BCUT2D eigenvalue weighted by atomic mass is 9.83. The van der Waals surface area contributed by atoms with Crippen molar-refractivity contribution >= 4 is 55.9 Å². The quantitative estimate of drug-likeness (QED) is 0.148. The first-order valence-electron chi connectivity index (χ1n) is 9.97. The minimum absolute atomic E-state index is 0.00349. The van der Waals surface area contributed by atoms with E-state index >= 15 is 0 Å². The summed E-state index contributed by atoms with van der Waals surface area (Å²) in [5.74, 6) is -1.80. The maximum Gasteiger partial charge on any atom is 0.356 e. The monoisotopic (exact) mass is 561 g/mol. The molecule has 3 atom stereocenters. The minimum atomic E-state index is -4.98. The van der Waals surface area contributed by atoms with E-state index in [-0.39, 0.29) is 24.6 Å². The molecule has 1 aromatic rings. The van der Waals surface area contributed by atoms with Crippen LogP contribution >= 0.6 is 27.7 Å². The number of benzene rings is 1. The Kier molecular flexibility index (Phi) is 8.22. The smallest absolute Gasteiger partial charge is 0.356 e. The molecule has 1 N–H and O–H groups in total. The molecule has 3 rings (SSSR count). The second-order valence-electron chi connectivity index (χ2n) is 7.52. The number of carbonyl (C=O) groups excluding carboxylic acids is 3. The van der Waals surface area contributed by atoms with Crippen molar-refractivity contribution in [3.8, 4) is 0 Å². The standard InChI is InChI=1S/C20H23BrN2O8S2/c1-11(31-33(27,28)29)17-15-9-16(32-8-7-22-12(2)24)18(23(15)19(17)25)20(26)30-10-13-3-5-14(21)6-4-13/h3-6,11,15,17H,7-10H2,1-2H3,(H,22,24)(H,27,28,29)/p-1/t11-,15+,17-/m0/s1. The van der Waals surface area contributed by atoms with Crippen LogP contribution in [0, 0.1) is 5.92 Å². The van der Waals surface area contributed by atoms with E-state index in [4.69, 9.17) is 4.74 Å². The summed E-state index contributed by atoms with van der Waals surface area (Å²) < 4.78 is 43.7. The number of nitrogens with zero attached hydrogens (tertiary/aromatic N) is 1. The molecule has 2 amide bonds. The highest BCUT2D eigenvalue weighted by Crippen LogP contribution is 2.47.